The molecule has 0 fully saturated rings. The summed E-state index contributed by atoms with van der Waals surface area (Å²) in [6, 6.07) is 3.19. The van der Waals surface area contributed by atoms with Gasteiger partial charge in [0, 0.05) is 5.56 Å². The van der Waals surface area contributed by atoms with Crippen molar-refractivity contribution in [1.82, 2.24) is 0 Å². The molecule has 0 unspecified atom stereocenters. The second-order valence-electron chi connectivity index (χ2n) is 3.66. The lowest BCUT2D eigenvalue weighted by molar-refractivity contribution is 0.143. The van der Waals surface area contributed by atoms with Gasteiger partial charge in [-0.3, -0.25) is 0 Å². The van der Waals surface area contributed by atoms with Crippen LogP contribution in [-0.4, -0.2) is 16.4 Å². The molecule has 17 heavy (non-hydrogen) atoms. The number of benzene rings is 1. The van der Waals surface area contributed by atoms with E-state index in [1.54, 1.807) is 6.07 Å². The number of hydrogen-bond donors (Lipinski definition) is 2. The molecule has 0 aliphatic rings. The average molecular weight is 259 g/mol. The molecule has 0 saturated heterocycles. The second-order valence-corrected chi connectivity index (χ2v) is 3.92. The fourth-order valence-electron chi connectivity index (χ4n) is 1.58. The average Bonchev–Trinajstić information content (AvgIpc) is 2.29. The first kappa shape index (κ1) is 13.6. The van der Waals surface area contributed by atoms with Gasteiger partial charge < -0.3 is 14.9 Å². The van der Waals surface area contributed by atoms with E-state index in [0.29, 0.717) is 5.56 Å². The van der Waals surface area contributed by atoms with Crippen molar-refractivity contribution in [2.75, 3.05) is 0 Å². The summed E-state index contributed by atoms with van der Waals surface area (Å²) in [6.07, 6.45) is 1.37. The summed E-state index contributed by atoms with van der Waals surface area (Å²) >= 11 is 5.76. The van der Waals surface area contributed by atoms with Crippen LogP contribution in [0.2, 0.25) is 0 Å². The summed E-state index contributed by atoms with van der Waals surface area (Å²) in [7, 11) is 0. The summed E-state index contributed by atoms with van der Waals surface area (Å²) in [6.45, 7) is 2.07. The Balaban J connectivity index is 3.03. The smallest absolute Gasteiger partial charge is 0.504 e. The van der Waals surface area contributed by atoms with E-state index in [9.17, 15) is 9.90 Å². The maximum atomic E-state index is 10.4. The molecule has 0 radical (unpaired) electrons. The predicted molar refractivity (Wildman–Crippen MR) is 64.9 cm³/mol. The number of phenols is 1. The van der Waals surface area contributed by atoms with E-state index in [2.05, 4.69) is 11.7 Å². The van der Waals surface area contributed by atoms with Crippen molar-refractivity contribution in [3.8, 4) is 11.5 Å². The molecule has 5 heteroatoms. The monoisotopic (exact) mass is 258 g/mol. The standard InChI is InChI=1S/C12H15ClO4/c1-2-3-4-8-5-6-10(17-12(15)16)11(14)9(8)7-13/h5-6,14H,2-4,7H2,1H3,(H,15,16). The Morgan fingerprint density at radius 1 is 1.47 bits per heavy atom. The van der Waals surface area contributed by atoms with Crippen LogP contribution in [0.25, 0.3) is 0 Å². The number of unbranched alkanes of at least 4 members (excludes halogenated alkanes) is 1. The molecule has 0 heterocycles. The van der Waals surface area contributed by atoms with E-state index in [-0.39, 0.29) is 17.4 Å². The molecule has 1 aromatic carbocycles. The Labute approximate surface area is 105 Å². The maximum absolute atomic E-state index is 10.4. The first-order valence-corrected chi connectivity index (χ1v) is 5.94. The molecule has 1 rings (SSSR count). The fraction of sp³-hybridized carbons (Fsp3) is 0.417. The molecule has 0 aliphatic carbocycles. The normalized spacial score (nSPS) is 10.2. The molecule has 0 aromatic heterocycles. The van der Waals surface area contributed by atoms with E-state index in [1.807, 2.05) is 0 Å². The Hall–Kier alpha value is -1.42. The zero-order valence-corrected chi connectivity index (χ0v) is 10.3. The van der Waals surface area contributed by atoms with Crippen LogP contribution < -0.4 is 4.74 Å². The van der Waals surface area contributed by atoms with Crippen LogP contribution >= 0.6 is 11.6 Å². The lowest BCUT2D eigenvalue weighted by Crippen LogP contribution is -2.04. The summed E-state index contributed by atoms with van der Waals surface area (Å²) in [4.78, 5) is 10.4. The lowest BCUT2D eigenvalue weighted by atomic mass is 10.0. The van der Waals surface area contributed by atoms with Gasteiger partial charge in [-0.15, -0.1) is 11.6 Å². The van der Waals surface area contributed by atoms with Crippen molar-refractivity contribution in [3.63, 3.8) is 0 Å². The number of aromatic hydroxyl groups is 1. The number of rotatable bonds is 5. The van der Waals surface area contributed by atoms with Gasteiger partial charge in [-0.2, -0.15) is 0 Å². The number of carbonyl (C=O) groups is 1. The van der Waals surface area contributed by atoms with Crippen LogP contribution in [0.3, 0.4) is 0 Å². The molecule has 0 spiro atoms. The van der Waals surface area contributed by atoms with Crippen LogP contribution in [0.1, 0.15) is 30.9 Å². The van der Waals surface area contributed by atoms with Gasteiger partial charge in [-0.1, -0.05) is 19.4 Å². The van der Waals surface area contributed by atoms with Gasteiger partial charge in [-0.25, -0.2) is 4.79 Å². The van der Waals surface area contributed by atoms with Crippen LogP contribution in [0.5, 0.6) is 11.5 Å². The molecule has 0 atom stereocenters. The minimum atomic E-state index is -1.46. The molecule has 0 aliphatic heterocycles. The lowest BCUT2D eigenvalue weighted by Gasteiger charge is -2.11. The van der Waals surface area contributed by atoms with Gasteiger partial charge in [0.15, 0.2) is 11.5 Å². The Bertz CT molecular complexity index is 404. The first-order chi connectivity index (χ1) is 8.10. The highest BCUT2D eigenvalue weighted by molar-refractivity contribution is 6.17. The number of aryl methyl sites for hydroxylation is 1. The minimum Gasteiger partial charge on any atom is -0.504 e. The third-order valence-corrected chi connectivity index (χ3v) is 2.74. The van der Waals surface area contributed by atoms with Crippen LogP contribution in [0, 0.1) is 0 Å². The number of halogens is 1. The maximum Gasteiger partial charge on any atom is 0.511 e. The van der Waals surface area contributed by atoms with Crippen molar-refractivity contribution in [2.24, 2.45) is 0 Å². The van der Waals surface area contributed by atoms with Gasteiger partial charge in [0.1, 0.15) is 0 Å². The number of hydrogen-bond acceptors (Lipinski definition) is 3. The van der Waals surface area contributed by atoms with Gasteiger partial charge in [0.25, 0.3) is 0 Å². The summed E-state index contributed by atoms with van der Waals surface area (Å²) < 4.78 is 4.45. The third kappa shape index (κ3) is 3.53. The van der Waals surface area contributed by atoms with Crippen molar-refractivity contribution < 1.29 is 19.7 Å². The Morgan fingerprint density at radius 2 is 2.18 bits per heavy atom. The zero-order chi connectivity index (χ0) is 12.8. The fourth-order valence-corrected chi connectivity index (χ4v) is 1.88. The zero-order valence-electron chi connectivity index (χ0n) is 9.57. The van der Waals surface area contributed by atoms with Crippen LogP contribution in [0.15, 0.2) is 12.1 Å². The number of phenolic OH excluding ortho intramolecular Hbond substituents is 1. The molecule has 4 nitrogen and oxygen atoms in total. The topological polar surface area (TPSA) is 66.8 Å². The molecule has 0 saturated carbocycles. The summed E-state index contributed by atoms with van der Waals surface area (Å²) in [5, 5.41) is 18.3. The van der Waals surface area contributed by atoms with Crippen molar-refractivity contribution in [3.05, 3.63) is 23.3 Å². The molecular formula is C12H15ClO4. The van der Waals surface area contributed by atoms with Crippen LogP contribution in [0.4, 0.5) is 4.79 Å². The van der Waals surface area contributed by atoms with E-state index >= 15 is 0 Å². The van der Waals surface area contributed by atoms with E-state index in [4.69, 9.17) is 16.7 Å². The predicted octanol–water partition coefficient (Wildman–Crippen LogP) is 3.53. The van der Waals surface area contributed by atoms with Crippen LogP contribution in [-0.2, 0) is 12.3 Å². The molecular weight excluding hydrogens is 244 g/mol. The van der Waals surface area contributed by atoms with E-state index in [0.717, 1.165) is 24.8 Å². The van der Waals surface area contributed by atoms with Gasteiger partial charge >= 0.3 is 6.16 Å². The molecule has 1 aromatic rings. The number of ether oxygens (including phenoxy) is 1. The highest BCUT2D eigenvalue weighted by Crippen LogP contribution is 2.34. The van der Waals surface area contributed by atoms with Gasteiger partial charge in [-0.05, 0) is 24.5 Å². The summed E-state index contributed by atoms with van der Waals surface area (Å²) in [5.74, 6) is -0.133. The van der Waals surface area contributed by atoms with Gasteiger partial charge in [0.2, 0.25) is 0 Å². The molecule has 2 N–H and O–H groups in total. The molecule has 0 amide bonds. The van der Waals surface area contributed by atoms with Crippen molar-refractivity contribution in [1.29, 1.82) is 0 Å². The molecule has 0 bridgehead atoms. The van der Waals surface area contributed by atoms with Gasteiger partial charge in [0.05, 0.1) is 5.88 Å². The highest BCUT2D eigenvalue weighted by atomic mass is 35.5. The van der Waals surface area contributed by atoms with E-state index in [1.165, 1.54) is 6.07 Å². The minimum absolute atomic E-state index is 0.0756. The van der Waals surface area contributed by atoms with Crippen molar-refractivity contribution in [2.45, 2.75) is 32.1 Å². The number of alkyl halides is 1. The quantitative estimate of drug-likeness (QED) is 0.482. The molecule has 94 valence electrons. The van der Waals surface area contributed by atoms with Crippen molar-refractivity contribution >= 4 is 17.8 Å². The second kappa shape index (κ2) is 6.35. The highest BCUT2D eigenvalue weighted by Gasteiger charge is 2.14. The van der Waals surface area contributed by atoms with E-state index < -0.39 is 6.16 Å². The first-order valence-electron chi connectivity index (χ1n) is 5.40. The largest absolute Gasteiger partial charge is 0.511 e. The Kier molecular flexibility index (Phi) is 5.10. The SMILES string of the molecule is CCCCc1ccc(OC(=O)O)c(O)c1CCl. The number of carboxylic acid groups (broad SMARTS) is 1. The Morgan fingerprint density at radius 3 is 2.71 bits per heavy atom. The summed E-state index contributed by atoms with van der Waals surface area (Å²) in [5.41, 5.74) is 1.47. The third-order valence-electron chi connectivity index (χ3n) is 2.47.